The Morgan fingerprint density at radius 2 is 2.21 bits per heavy atom. The summed E-state index contributed by atoms with van der Waals surface area (Å²) in [7, 11) is 0. The van der Waals surface area contributed by atoms with E-state index in [9.17, 15) is 5.11 Å². The molecule has 1 aliphatic rings. The lowest BCUT2D eigenvalue weighted by molar-refractivity contribution is 0.461. The average Bonchev–Trinajstić information content (AvgIpc) is 2.23. The molecule has 1 aromatic carbocycles. The first-order chi connectivity index (χ1) is 6.79. The maximum Gasteiger partial charge on any atom is 0.122 e. The Morgan fingerprint density at radius 1 is 1.36 bits per heavy atom. The number of hydrogen-bond acceptors (Lipinski definition) is 2. The average molecular weight is 208 g/mol. The van der Waals surface area contributed by atoms with Gasteiger partial charge in [-0.25, -0.2) is 0 Å². The van der Waals surface area contributed by atoms with E-state index in [1.54, 1.807) is 0 Å². The molecule has 0 amide bonds. The second kappa shape index (κ2) is 4.26. The van der Waals surface area contributed by atoms with E-state index < -0.39 is 0 Å². The summed E-state index contributed by atoms with van der Waals surface area (Å²) in [6, 6.07) is 6.07. The number of benzene rings is 1. The largest absolute Gasteiger partial charge is 0.507 e. The van der Waals surface area contributed by atoms with E-state index >= 15 is 0 Å². The quantitative estimate of drug-likeness (QED) is 0.760. The Bertz CT molecular complexity index is 316. The zero-order chi connectivity index (χ0) is 9.97. The van der Waals surface area contributed by atoms with Gasteiger partial charge >= 0.3 is 0 Å². The molecule has 1 saturated heterocycles. The Hall–Kier alpha value is -0.630. The first-order valence-electron chi connectivity index (χ1n) is 5.19. The third kappa shape index (κ3) is 1.90. The smallest absolute Gasteiger partial charge is 0.122 e. The fraction of sp³-hybridized carbons (Fsp3) is 0.500. The van der Waals surface area contributed by atoms with E-state index in [0.717, 1.165) is 11.1 Å². The van der Waals surface area contributed by atoms with E-state index in [1.165, 1.54) is 25.0 Å². The number of para-hydroxylation sites is 1. The minimum Gasteiger partial charge on any atom is -0.507 e. The van der Waals surface area contributed by atoms with Crippen LogP contribution in [0.3, 0.4) is 0 Å². The van der Waals surface area contributed by atoms with Crippen LogP contribution < -0.4 is 0 Å². The van der Waals surface area contributed by atoms with Crippen LogP contribution in [0.5, 0.6) is 5.75 Å². The SMILES string of the molecule is Cc1cccc(C2CCCCS2)c1O. The van der Waals surface area contributed by atoms with Crippen LogP contribution in [0.15, 0.2) is 18.2 Å². The van der Waals surface area contributed by atoms with E-state index in [0.29, 0.717) is 11.0 Å². The lowest BCUT2D eigenvalue weighted by atomic mass is 10.0. The van der Waals surface area contributed by atoms with E-state index in [4.69, 9.17) is 0 Å². The molecule has 0 aromatic heterocycles. The molecule has 14 heavy (non-hydrogen) atoms. The zero-order valence-electron chi connectivity index (χ0n) is 8.49. The number of phenols is 1. The predicted molar refractivity (Wildman–Crippen MR) is 61.9 cm³/mol. The van der Waals surface area contributed by atoms with Crippen molar-refractivity contribution in [3.05, 3.63) is 29.3 Å². The van der Waals surface area contributed by atoms with Crippen molar-refractivity contribution in [3.8, 4) is 5.75 Å². The lowest BCUT2D eigenvalue weighted by Crippen LogP contribution is -2.02. The van der Waals surface area contributed by atoms with Crippen LogP contribution in [0, 0.1) is 6.92 Å². The van der Waals surface area contributed by atoms with E-state index in [2.05, 4.69) is 6.07 Å². The maximum atomic E-state index is 9.94. The fourth-order valence-corrected chi connectivity index (χ4v) is 3.29. The molecule has 2 heteroatoms. The topological polar surface area (TPSA) is 20.2 Å². The summed E-state index contributed by atoms with van der Waals surface area (Å²) in [6.07, 6.45) is 3.83. The van der Waals surface area contributed by atoms with Gasteiger partial charge in [0.25, 0.3) is 0 Å². The molecule has 1 fully saturated rings. The third-order valence-electron chi connectivity index (χ3n) is 2.80. The summed E-state index contributed by atoms with van der Waals surface area (Å²) in [5, 5.41) is 10.5. The van der Waals surface area contributed by atoms with Gasteiger partial charge in [0, 0.05) is 10.8 Å². The molecular formula is C12H16OS. The molecule has 0 aliphatic carbocycles. The van der Waals surface area contributed by atoms with Gasteiger partial charge in [-0.1, -0.05) is 24.6 Å². The highest BCUT2D eigenvalue weighted by Crippen LogP contribution is 2.42. The Morgan fingerprint density at radius 3 is 2.93 bits per heavy atom. The number of aryl methyl sites for hydroxylation is 1. The van der Waals surface area contributed by atoms with Gasteiger partial charge in [0.05, 0.1) is 0 Å². The molecular weight excluding hydrogens is 192 g/mol. The molecule has 0 spiro atoms. The van der Waals surface area contributed by atoms with Gasteiger partial charge in [-0.2, -0.15) is 11.8 Å². The van der Waals surface area contributed by atoms with Crippen molar-refractivity contribution in [1.82, 2.24) is 0 Å². The van der Waals surface area contributed by atoms with Crippen LogP contribution in [-0.4, -0.2) is 10.9 Å². The Labute approximate surface area is 89.5 Å². The molecule has 76 valence electrons. The van der Waals surface area contributed by atoms with Gasteiger partial charge in [0.1, 0.15) is 5.75 Å². The van der Waals surface area contributed by atoms with Crippen molar-refractivity contribution < 1.29 is 5.11 Å². The number of phenolic OH excluding ortho intramolecular Hbond substituents is 1. The molecule has 0 radical (unpaired) electrons. The molecule has 0 saturated carbocycles. The standard InChI is InChI=1S/C12H16OS/c1-9-5-4-6-10(12(9)13)11-7-2-3-8-14-11/h4-6,11,13H,2-3,7-8H2,1H3. The number of hydrogen-bond donors (Lipinski definition) is 1. The summed E-state index contributed by atoms with van der Waals surface area (Å²) in [4.78, 5) is 0. The minimum absolute atomic E-state index is 0.506. The van der Waals surface area contributed by atoms with Gasteiger partial charge in [-0.15, -0.1) is 0 Å². The van der Waals surface area contributed by atoms with Crippen molar-refractivity contribution in [1.29, 1.82) is 0 Å². The Balaban J connectivity index is 2.26. The summed E-state index contributed by atoms with van der Waals surface area (Å²) in [5.74, 6) is 1.74. The zero-order valence-corrected chi connectivity index (χ0v) is 9.31. The van der Waals surface area contributed by atoms with E-state index in [1.807, 2.05) is 30.8 Å². The van der Waals surface area contributed by atoms with Crippen LogP contribution in [0.4, 0.5) is 0 Å². The molecule has 1 atom stereocenters. The lowest BCUT2D eigenvalue weighted by Gasteiger charge is -2.22. The van der Waals surface area contributed by atoms with E-state index in [-0.39, 0.29) is 0 Å². The minimum atomic E-state index is 0.506. The summed E-state index contributed by atoms with van der Waals surface area (Å²) in [5.41, 5.74) is 2.13. The second-order valence-electron chi connectivity index (χ2n) is 3.87. The van der Waals surface area contributed by atoms with Crippen molar-refractivity contribution in [2.75, 3.05) is 5.75 Å². The number of rotatable bonds is 1. The Kier molecular flexibility index (Phi) is 3.02. The molecule has 1 unspecified atom stereocenters. The van der Waals surface area contributed by atoms with Crippen molar-refractivity contribution in [2.45, 2.75) is 31.4 Å². The van der Waals surface area contributed by atoms with Crippen LogP contribution in [0.2, 0.25) is 0 Å². The van der Waals surface area contributed by atoms with Gasteiger partial charge < -0.3 is 5.11 Å². The fourth-order valence-electron chi connectivity index (χ4n) is 1.93. The summed E-state index contributed by atoms with van der Waals surface area (Å²) < 4.78 is 0. The predicted octanol–water partition coefficient (Wildman–Crippen LogP) is 3.66. The highest BCUT2D eigenvalue weighted by Gasteiger charge is 2.19. The highest BCUT2D eigenvalue weighted by atomic mass is 32.2. The molecule has 1 N–H and O–H groups in total. The molecule has 1 nitrogen and oxygen atoms in total. The summed E-state index contributed by atoms with van der Waals surface area (Å²) >= 11 is 1.98. The van der Waals surface area contributed by atoms with Gasteiger partial charge in [0.15, 0.2) is 0 Å². The van der Waals surface area contributed by atoms with Crippen molar-refractivity contribution >= 4 is 11.8 Å². The van der Waals surface area contributed by atoms with Gasteiger partial charge in [0.2, 0.25) is 0 Å². The van der Waals surface area contributed by atoms with Gasteiger partial charge in [-0.05, 0) is 31.1 Å². The third-order valence-corrected chi connectivity index (χ3v) is 4.21. The monoisotopic (exact) mass is 208 g/mol. The first kappa shape index (κ1) is 9.91. The molecule has 1 aromatic rings. The normalized spacial score (nSPS) is 22.2. The highest BCUT2D eigenvalue weighted by molar-refractivity contribution is 7.99. The van der Waals surface area contributed by atoms with Crippen LogP contribution in [-0.2, 0) is 0 Å². The van der Waals surface area contributed by atoms with Gasteiger partial charge in [-0.3, -0.25) is 0 Å². The van der Waals surface area contributed by atoms with Crippen LogP contribution in [0.25, 0.3) is 0 Å². The summed E-state index contributed by atoms with van der Waals surface area (Å²) in [6.45, 7) is 1.96. The van der Waals surface area contributed by atoms with Crippen LogP contribution >= 0.6 is 11.8 Å². The van der Waals surface area contributed by atoms with Crippen molar-refractivity contribution in [2.24, 2.45) is 0 Å². The van der Waals surface area contributed by atoms with Crippen LogP contribution in [0.1, 0.15) is 35.6 Å². The molecule has 1 aliphatic heterocycles. The number of aromatic hydroxyl groups is 1. The second-order valence-corrected chi connectivity index (χ2v) is 5.18. The molecule has 0 bridgehead atoms. The number of thioether (sulfide) groups is 1. The maximum absolute atomic E-state index is 9.94. The van der Waals surface area contributed by atoms with Crippen molar-refractivity contribution in [3.63, 3.8) is 0 Å². The molecule has 1 heterocycles. The molecule has 2 rings (SSSR count). The first-order valence-corrected chi connectivity index (χ1v) is 6.24.